The first-order valence-corrected chi connectivity index (χ1v) is 6.63. The van der Waals surface area contributed by atoms with E-state index in [1.807, 2.05) is 36.4 Å². The molecule has 0 spiro atoms. The minimum atomic E-state index is 0.0821. The second kappa shape index (κ2) is 7.75. The Hall–Kier alpha value is -2.75. The summed E-state index contributed by atoms with van der Waals surface area (Å²) in [5.74, 6) is 6.61. The van der Waals surface area contributed by atoms with Gasteiger partial charge in [-0.25, -0.2) is 0 Å². The third-order valence-corrected chi connectivity index (χ3v) is 2.81. The highest BCUT2D eigenvalue weighted by Crippen LogP contribution is 2.14. The molecule has 0 aliphatic carbocycles. The second-order valence-electron chi connectivity index (χ2n) is 4.40. The summed E-state index contributed by atoms with van der Waals surface area (Å²) in [6, 6.07) is 16.9. The fourth-order valence-corrected chi connectivity index (χ4v) is 1.70. The summed E-state index contributed by atoms with van der Waals surface area (Å²) in [4.78, 5) is 0. The van der Waals surface area contributed by atoms with Crippen molar-refractivity contribution in [3.05, 3.63) is 65.2 Å². The maximum atomic E-state index is 8.73. The molecule has 0 aromatic heterocycles. The first kappa shape index (κ1) is 14.7. The molecule has 0 heterocycles. The summed E-state index contributed by atoms with van der Waals surface area (Å²) >= 11 is 0. The van der Waals surface area contributed by atoms with Crippen LogP contribution in [0, 0.1) is 23.2 Å². The second-order valence-corrected chi connectivity index (χ2v) is 4.40. The monoisotopic (exact) mass is 277 g/mol. The molecule has 0 radical (unpaired) electrons. The number of nitrogens with zero attached hydrogens (tertiary/aromatic N) is 1. The normalized spacial score (nSPS) is 9.33. The third kappa shape index (κ3) is 4.69. The van der Waals surface area contributed by atoms with Crippen LogP contribution in [0.3, 0.4) is 0 Å². The van der Waals surface area contributed by atoms with E-state index in [-0.39, 0.29) is 6.61 Å². The third-order valence-electron chi connectivity index (χ3n) is 2.81. The van der Waals surface area contributed by atoms with Crippen LogP contribution in [0.2, 0.25) is 0 Å². The Morgan fingerprint density at radius 1 is 0.952 bits per heavy atom. The minimum absolute atomic E-state index is 0.0821. The number of hydrogen-bond donors (Lipinski definition) is 1. The average Bonchev–Trinajstić information content (AvgIpc) is 2.55. The lowest BCUT2D eigenvalue weighted by atomic mass is 10.1. The molecule has 2 aromatic carbocycles. The number of aliphatic hydroxyl groups is 1. The average molecular weight is 277 g/mol. The molecule has 0 unspecified atom stereocenters. The van der Waals surface area contributed by atoms with Gasteiger partial charge in [0, 0.05) is 12.0 Å². The van der Waals surface area contributed by atoms with Crippen molar-refractivity contribution in [2.45, 2.75) is 13.0 Å². The summed E-state index contributed by atoms with van der Waals surface area (Å²) in [7, 11) is 0. The summed E-state index contributed by atoms with van der Waals surface area (Å²) < 4.78 is 5.68. The van der Waals surface area contributed by atoms with E-state index < -0.39 is 0 Å². The van der Waals surface area contributed by atoms with Gasteiger partial charge in [-0.1, -0.05) is 24.0 Å². The first-order chi connectivity index (χ1) is 10.3. The zero-order chi connectivity index (χ0) is 14.9. The van der Waals surface area contributed by atoms with Gasteiger partial charge in [-0.3, -0.25) is 0 Å². The summed E-state index contributed by atoms with van der Waals surface area (Å²) in [5.41, 5.74) is 2.56. The number of nitriles is 1. The minimum Gasteiger partial charge on any atom is -0.489 e. The Morgan fingerprint density at radius 3 is 2.24 bits per heavy atom. The number of benzene rings is 2. The van der Waals surface area contributed by atoms with Gasteiger partial charge in [0.15, 0.2) is 0 Å². The van der Waals surface area contributed by atoms with Gasteiger partial charge in [0.05, 0.1) is 18.2 Å². The quantitative estimate of drug-likeness (QED) is 0.874. The van der Waals surface area contributed by atoms with Crippen molar-refractivity contribution in [3.8, 4) is 23.7 Å². The van der Waals surface area contributed by atoms with E-state index in [0.717, 1.165) is 16.9 Å². The van der Waals surface area contributed by atoms with Crippen LogP contribution < -0.4 is 4.74 Å². The van der Waals surface area contributed by atoms with Crippen LogP contribution in [0.1, 0.15) is 23.1 Å². The van der Waals surface area contributed by atoms with Gasteiger partial charge in [-0.15, -0.1) is 0 Å². The number of rotatable bonds is 4. The molecule has 0 saturated heterocycles. The van der Waals surface area contributed by atoms with Gasteiger partial charge < -0.3 is 9.84 Å². The van der Waals surface area contributed by atoms with Crippen LogP contribution in [0.15, 0.2) is 48.5 Å². The molecule has 0 aliphatic heterocycles. The summed E-state index contributed by atoms with van der Waals surface area (Å²) in [5, 5.41) is 17.4. The standard InChI is InChI=1S/C18H15NO2/c19-13-16-4-6-17(7-5-16)14-21-18-10-8-15(9-11-18)3-1-2-12-20/h4-11,20H,2,12,14H2. The molecule has 2 rings (SSSR count). The van der Waals surface area contributed by atoms with Gasteiger partial charge in [0.25, 0.3) is 0 Å². The van der Waals surface area contributed by atoms with Gasteiger partial charge in [-0.2, -0.15) is 5.26 Å². The first-order valence-electron chi connectivity index (χ1n) is 6.63. The van der Waals surface area contributed by atoms with E-state index in [0.29, 0.717) is 18.6 Å². The van der Waals surface area contributed by atoms with Crippen LogP contribution in [0.4, 0.5) is 0 Å². The van der Waals surface area contributed by atoms with Crippen molar-refractivity contribution in [2.75, 3.05) is 6.61 Å². The Labute approximate surface area is 124 Å². The molecule has 0 aliphatic rings. The van der Waals surface area contributed by atoms with Crippen molar-refractivity contribution >= 4 is 0 Å². The molecule has 21 heavy (non-hydrogen) atoms. The molecule has 3 heteroatoms. The Morgan fingerprint density at radius 2 is 1.62 bits per heavy atom. The summed E-state index contributed by atoms with van der Waals surface area (Å²) in [6.07, 6.45) is 0.483. The molecule has 1 N–H and O–H groups in total. The Bertz CT molecular complexity index is 670. The lowest BCUT2D eigenvalue weighted by Crippen LogP contribution is -1.95. The zero-order valence-electron chi connectivity index (χ0n) is 11.5. The van der Waals surface area contributed by atoms with Crippen molar-refractivity contribution < 1.29 is 9.84 Å². The van der Waals surface area contributed by atoms with Gasteiger partial charge >= 0.3 is 0 Å². The highest BCUT2D eigenvalue weighted by molar-refractivity contribution is 5.38. The fraction of sp³-hybridized carbons (Fsp3) is 0.167. The van der Waals surface area contributed by atoms with Crippen molar-refractivity contribution in [1.29, 1.82) is 5.26 Å². The van der Waals surface area contributed by atoms with E-state index >= 15 is 0 Å². The molecule has 0 atom stereocenters. The molecule has 0 fully saturated rings. The van der Waals surface area contributed by atoms with Crippen molar-refractivity contribution in [2.24, 2.45) is 0 Å². The van der Waals surface area contributed by atoms with Crippen LogP contribution in [0.5, 0.6) is 5.75 Å². The van der Waals surface area contributed by atoms with E-state index in [2.05, 4.69) is 17.9 Å². The van der Waals surface area contributed by atoms with Gasteiger partial charge in [-0.05, 0) is 42.0 Å². The Balaban J connectivity index is 1.91. The molecule has 0 amide bonds. The lowest BCUT2D eigenvalue weighted by molar-refractivity contribution is 0.305. The maximum Gasteiger partial charge on any atom is 0.119 e. The van der Waals surface area contributed by atoms with Gasteiger partial charge in [0.1, 0.15) is 12.4 Å². The smallest absolute Gasteiger partial charge is 0.119 e. The molecular weight excluding hydrogens is 262 g/mol. The van der Waals surface area contributed by atoms with Crippen molar-refractivity contribution in [1.82, 2.24) is 0 Å². The molecule has 0 saturated carbocycles. The molecular formula is C18H15NO2. The van der Waals surface area contributed by atoms with E-state index in [4.69, 9.17) is 15.1 Å². The van der Waals surface area contributed by atoms with Crippen LogP contribution in [-0.4, -0.2) is 11.7 Å². The fourth-order valence-electron chi connectivity index (χ4n) is 1.70. The van der Waals surface area contributed by atoms with E-state index in [9.17, 15) is 0 Å². The van der Waals surface area contributed by atoms with E-state index in [1.54, 1.807) is 12.1 Å². The number of ether oxygens (including phenoxy) is 1. The SMILES string of the molecule is N#Cc1ccc(COc2ccc(C#CCCO)cc2)cc1. The van der Waals surface area contributed by atoms with Crippen LogP contribution in [-0.2, 0) is 6.61 Å². The summed E-state index contributed by atoms with van der Waals surface area (Å²) in [6.45, 7) is 0.542. The van der Waals surface area contributed by atoms with E-state index in [1.165, 1.54) is 0 Å². The predicted molar refractivity (Wildman–Crippen MR) is 80.5 cm³/mol. The predicted octanol–water partition coefficient (Wildman–Crippen LogP) is 2.87. The largest absolute Gasteiger partial charge is 0.489 e. The topological polar surface area (TPSA) is 53.2 Å². The molecule has 104 valence electrons. The number of aliphatic hydroxyl groups excluding tert-OH is 1. The lowest BCUT2D eigenvalue weighted by Gasteiger charge is -2.06. The zero-order valence-corrected chi connectivity index (χ0v) is 11.5. The molecule has 3 nitrogen and oxygen atoms in total. The molecule has 2 aromatic rings. The van der Waals surface area contributed by atoms with Crippen LogP contribution in [0.25, 0.3) is 0 Å². The molecule has 0 bridgehead atoms. The van der Waals surface area contributed by atoms with Crippen molar-refractivity contribution in [3.63, 3.8) is 0 Å². The number of hydrogen-bond acceptors (Lipinski definition) is 3. The maximum absolute atomic E-state index is 8.73. The highest BCUT2D eigenvalue weighted by Gasteiger charge is 1.97. The highest BCUT2D eigenvalue weighted by atomic mass is 16.5. The van der Waals surface area contributed by atoms with Crippen LogP contribution >= 0.6 is 0 Å². The van der Waals surface area contributed by atoms with Gasteiger partial charge in [0.2, 0.25) is 0 Å². The Kier molecular flexibility index (Phi) is 5.41.